The minimum atomic E-state index is 0.412. The van der Waals surface area contributed by atoms with Gasteiger partial charge in [0.25, 0.3) is 0 Å². The molecule has 6 nitrogen and oxygen atoms in total. The van der Waals surface area contributed by atoms with Crippen LogP contribution in [0.4, 0.5) is 11.4 Å². The maximum absolute atomic E-state index is 9.74. The Morgan fingerprint density at radius 1 is 1.03 bits per heavy atom. The van der Waals surface area contributed by atoms with E-state index in [2.05, 4.69) is 45.5 Å². The molecule has 2 heterocycles. The van der Waals surface area contributed by atoms with Crippen LogP contribution in [0.25, 0.3) is 22.0 Å². The normalized spacial score (nSPS) is 13.9. The number of halogens is 2. The third-order valence-electron chi connectivity index (χ3n) is 6.60. The second-order valence-corrected chi connectivity index (χ2v) is 9.70. The van der Waals surface area contributed by atoms with Crippen molar-refractivity contribution in [2.45, 2.75) is 6.42 Å². The van der Waals surface area contributed by atoms with E-state index in [1.54, 1.807) is 25.4 Å². The number of nitrogens with zero attached hydrogens (tertiary/aromatic N) is 3. The van der Waals surface area contributed by atoms with Gasteiger partial charge in [0.05, 0.1) is 52.8 Å². The van der Waals surface area contributed by atoms with Crippen molar-refractivity contribution in [3.8, 4) is 22.9 Å². The molecule has 1 saturated heterocycles. The van der Waals surface area contributed by atoms with Crippen molar-refractivity contribution in [3.63, 3.8) is 0 Å². The highest BCUT2D eigenvalue weighted by Gasteiger charge is 2.15. The molecule has 0 bridgehead atoms. The molecule has 0 atom stereocenters. The van der Waals surface area contributed by atoms with Crippen LogP contribution in [0.3, 0.4) is 0 Å². The summed E-state index contributed by atoms with van der Waals surface area (Å²) < 4.78 is 10.8. The van der Waals surface area contributed by atoms with Crippen molar-refractivity contribution >= 4 is 45.5 Å². The Labute approximate surface area is 226 Å². The monoisotopic (exact) mass is 532 g/mol. The minimum absolute atomic E-state index is 0.412. The lowest BCUT2D eigenvalue weighted by Crippen LogP contribution is -2.37. The minimum Gasteiger partial charge on any atom is -0.495 e. The van der Waals surface area contributed by atoms with Gasteiger partial charge in [-0.1, -0.05) is 59.6 Å². The topological polar surface area (TPSA) is 70.4 Å². The van der Waals surface area contributed by atoms with Crippen molar-refractivity contribution in [3.05, 3.63) is 82.0 Å². The van der Waals surface area contributed by atoms with Gasteiger partial charge in [-0.3, -0.25) is 9.88 Å². The van der Waals surface area contributed by atoms with Crippen LogP contribution in [0.5, 0.6) is 5.75 Å². The highest BCUT2D eigenvalue weighted by Crippen LogP contribution is 2.38. The van der Waals surface area contributed by atoms with Crippen LogP contribution in [-0.4, -0.2) is 49.8 Å². The molecule has 0 saturated carbocycles. The molecule has 3 aromatic carbocycles. The van der Waals surface area contributed by atoms with Gasteiger partial charge in [-0.25, -0.2) is 0 Å². The van der Waals surface area contributed by atoms with E-state index in [0.29, 0.717) is 32.7 Å². The van der Waals surface area contributed by atoms with Crippen molar-refractivity contribution in [1.29, 1.82) is 5.26 Å². The first kappa shape index (κ1) is 25.3. The van der Waals surface area contributed by atoms with Gasteiger partial charge in [0, 0.05) is 37.3 Å². The Balaban J connectivity index is 1.40. The molecule has 1 fully saturated rings. The molecule has 0 spiro atoms. The van der Waals surface area contributed by atoms with Crippen molar-refractivity contribution in [2.75, 3.05) is 45.3 Å². The molecular weight excluding hydrogens is 507 g/mol. The van der Waals surface area contributed by atoms with Gasteiger partial charge in [0.15, 0.2) is 0 Å². The molecular formula is C29H26Cl2N4O2. The van der Waals surface area contributed by atoms with E-state index >= 15 is 0 Å². The van der Waals surface area contributed by atoms with Crippen molar-refractivity contribution in [2.24, 2.45) is 0 Å². The van der Waals surface area contributed by atoms with Crippen LogP contribution in [0.2, 0.25) is 10.0 Å². The smallest absolute Gasteiger partial charge is 0.139 e. The number of rotatable bonds is 7. The summed E-state index contributed by atoms with van der Waals surface area (Å²) in [5, 5.41) is 14.7. The number of aromatic nitrogens is 1. The Kier molecular flexibility index (Phi) is 7.78. The van der Waals surface area contributed by atoms with E-state index in [4.69, 9.17) is 32.7 Å². The number of methoxy groups -OCH3 is 1. The lowest BCUT2D eigenvalue weighted by Gasteiger charge is -2.26. The third-order valence-corrected chi connectivity index (χ3v) is 7.21. The second-order valence-electron chi connectivity index (χ2n) is 8.88. The predicted octanol–water partition coefficient (Wildman–Crippen LogP) is 6.71. The summed E-state index contributed by atoms with van der Waals surface area (Å²) in [6, 6.07) is 20.3. The highest BCUT2D eigenvalue weighted by molar-refractivity contribution is 6.37. The van der Waals surface area contributed by atoms with Gasteiger partial charge in [0.2, 0.25) is 0 Å². The molecule has 0 radical (unpaired) electrons. The molecule has 188 valence electrons. The van der Waals surface area contributed by atoms with E-state index in [0.717, 1.165) is 61.3 Å². The third kappa shape index (κ3) is 5.66. The van der Waals surface area contributed by atoms with Crippen LogP contribution in [0.1, 0.15) is 11.1 Å². The molecule has 4 aromatic rings. The summed E-state index contributed by atoms with van der Waals surface area (Å²) in [5.41, 5.74) is 5.88. The first-order chi connectivity index (χ1) is 18.1. The highest BCUT2D eigenvalue weighted by atomic mass is 35.5. The predicted molar refractivity (Wildman–Crippen MR) is 149 cm³/mol. The van der Waals surface area contributed by atoms with Gasteiger partial charge < -0.3 is 14.8 Å². The van der Waals surface area contributed by atoms with Crippen LogP contribution in [0, 0.1) is 11.3 Å². The fraction of sp³-hybridized carbons (Fsp3) is 0.241. The van der Waals surface area contributed by atoms with Crippen molar-refractivity contribution in [1.82, 2.24) is 9.88 Å². The van der Waals surface area contributed by atoms with Crippen LogP contribution >= 0.6 is 23.2 Å². The first-order valence-corrected chi connectivity index (χ1v) is 12.8. The molecule has 0 amide bonds. The van der Waals surface area contributed by atoms with Crippen molar-refractivity contribution < 1.29 is 9.47 Å². The van der Waals surface area contributed by atoms with Gasteiger partial charge in [-0.15, -0.1) is 0 Å². The summed E-state index contributed by atoms with van der Waals surface area (Å²) in [4.78, 5) is 7.00. The van der Waals surface area contributed by atoms with Gasteiger partial charge in [-0.2, -0.15) is 5.26 Å². The Morgan fingerprint density at radius 2 is 1.78 bits per heavy atom. The second kappa shape index (κ2) is 11.4. The number of morpholine rings is 1. The summed E-state index contributed by atoms with van der Waals surface area (Å²) in [5.74, 6) is 0.487. The summed E-state index contributed by atoms with van der Waals surface area (Å²) in [6.07, 6.45) is 2.59. The Morgan fingerprint density at radius 3 is 2.51 bits per heavy atom. The molecule has 37 heavy (non-hydrogen) atoms. The van der Waals surface area contributed by atoms with Gasteiger partial charge in [0.1, 0.15) is 11.8 Å². The van der Waals surface area contributed by atoms with E-state index in [-0.39, 0.29) is 0 Å². The van der Waals surface area contributed by atoms with E-state index in [1.165, 1.54) is 5.56 Å². The summed E-state index contributed by atoms with van der Waals surface area (Å²) >= 11 is 12.6. The molecule has 8 heteroatoms. The van der Waals surface area contributed by atoms with E-state index < -0.39 is 0 Å². The number of ether oxygens (including phenoxy) is 2. The summed E-state index contributed by atoms with van der Waals surface area (Å²) in [7, 11) is 1.54. The maximum atomic E-state index is 9.74. The molecule has 0 unspecified atom stereocenters. The standard InChI is InChI=1S/C29H26Cl2N4O2/c1-36-28-16-27(24(30)15-25(28)31)34-29-22(17-32)18-33-26-14-21(6-7-23(26)29)20-4-2-19(3-5-20)8-9-35-10-12-37-13-11-35/h2-7,14-16,18H,8-13H2,1H3,(H,33,34). The lowest BCUT2D eigenvalue weighted by molar-refractivity contribution is 0.0384. The molecule has 1 aromatic heterocycles. The first-order valence-electron chi connectivity index (χ1n) is 12.1. The molecule has 1 aliphatic heterocycles. The summed E-state index contributed by atoms with van der Waals surface area (Å²) in [6.45, 7) is 4.70. The molecule has 0 aliphatic carbocycles. The molecule has 1 N–H and O–H groups in total. The van der Waals surface area contributed by atoms with Crippen LogP contribution in [-0.2, 0) is 11.2 Å². The average Bonchev–Trinajstić information content (AvgIpc) is 2.94. The fourth-order valence-electron chi connectivity index (χ4n) is 4.48. The average molecular weight is 533 g/mol. The number of nitrogens with one attached hydrogen (secondary N) is 1. The quantitative estimate of drug-likeness (QED) is 0.285. The van der Waals surface area contributed by atoms with Crippen LogP contribution in [0.15, 0.2) is 60.8 Å². The van der Waals surface area contributed by atoms with Gasteiger partial charge >= 0.3 is 0 Å². The SMILES string of the molecule is COc1cc(Nc2c(C#N)cnc3cc(-c4ccc(CCN5CCOCC5)cc4)ccc23)c(Cl)cc1Cl. The number of benzene rings is 3. The molecule has 1 aliphatic rings. The molecule has 5 rings (SSSR count). The van der Waals surface area contributed by atoms with E-state index in [1.807, 2.05) is 18.2 Å². The Bertz CT molecular complexity index is 1460. The number of nitriles is 1. The lowest BCUT2D eigenvalue weighted by atomic mass is 10.00. The largest absolute Gasteiger partial charge is 0.495 e. The number of pyridine rings is 1. The zero-order valence-electron chi connectivity index (χ0n) is 20.4. The number of hydrogen-bond acceptors (Lipinski definition) is 6. The number of hydrogen-bond donors (Lipinski definition) is 1. The van der Waals surface area contributed by atoms with E-state index in [9.17, 15) is 5.26 Å². The number of anilines is 2. The Hall–Kier alpha value is -3.34. The van der Waals surface area contributed by atoms with Gasteiger partial charge in [-0.05, 0) is 35.2 Å². The number of fused-ring (bicyclic) bond motifs is 1. The zero-order chi connectivity index (χ0) is 25.8. The maximum Gasteiger partial charge on any atom is 0.139 e. The zero-order valence-corrected chi connectivity index (χ0v) is 21.9. The van der Waals surface area contributed by atoms with Crippen LogP contribution < -0.4 is 10.1 Å². The fourth-order valence-corrected chi connectivity index (χ4v) is 4.99.